The first-order valence-corrected chi connectivity index (χ1v) is 9.98. The number of halogens is 1. The van der Waals surface area contributed by atoms with Gasteiger partial charge in [-0.25, -0.2) is 4.39 Å². The van der Waals surface area contributed by atoms with Gasteiger partial charge in [-0.05, 0) is 35.9 Å². The normalized spacial score (nSPS) is 18.9. The van der Waals surface area contributed by atoms with Crippen LogP contribution in [0.4, 0.5) is 4.39 Å². The van der Waals surface area contributed by atoms with E-state index in [4.69, 9.17) is 31.2 Å². The van der Waals surface area contributed by atoms with Crippen LogP contribution < -0.4 is 14.2 Å². The molecule has 0 aromatic heterocycles. The van der Waals surface area contributed by atoms with Gasteiger partial charge in [-0.15, -0.1) is 0 Å². The molecular formula is C20H14FNO5S2. The minimum absolute atomic E-state index is 0.0878. The maximum absolute atomic E-state index is 14.0. The Morgan fingerprint density at radius 3 is 2.90 bits per heavy atom. The molecule has 1 amide bonds. The van der Waals surface area contributed by atoms with E-state index < -0.39 is 5.82 Å². The Hall–Kier alpha value is -2.62. The fourth-order valence-corrected chi connectivity index (χ4v) is 4.56. The van der Waals surface area contributed by atoms with E-state index in [0.717, 1.165) is 5.56 Å². The second-order valence-corrected chi connectivity index (χ2v) is 8.23. The molecule has 2 aromatic rings. The molecule has 5 rings (SSSR count). The molecule has 1 fully saturated rings. The molecule has 0 spiro atoms. The van der Waals surface area contributed by atoms with Crippen LogP contribution >= 0.6 is 24.0 Å². The Bertz CT molecular complexity index is 1070. The van der Waals surface area contributed by atoms with Crippen molar-refractivity contribution >= 4 is 40.3 Å². The van der Waals surface area contributed by atoms with E-state index in [-0.39, 0.29) is 26.1 Å². The number of carbonyl (C=O) groups excluding carboxylic acids is 1. The molecule has 0 unspecified atom stereocenters. The van der Waals surface area contributed by atoms with Gasteiger partial charge in [-0.3, -0.25) is 9.69 Å². The standard InChI is InChI=1S/C20H14FNO5S2/c21-14-4-12(18-13(5-14)8-24-9-27-18)6-17-19(23)22(20(28)29-17)7-11-1-2-15-16(3-11)26-10-25-15/h1-6H,7-10H2. The zero-order chi connectivity index (χ0) is 20.0. The van der Waals surface area contributed by atoms with E-state index in [1.165, 1.54) is 28.8 Å². The third-order valence-electron chi connectivity index (χ3n) is 4.64. The van der Waals surface area contributed by atoms with Gasteiger partial charge in [-0.1, -0.05) is 30.0 Å². The van der Waals surface area contributed by atoms with E-state index >= 15 is 0 Å². The predicted molar refractivity (Wildman–Crippen MR) is 108 cm³/mol. The summed E-state index contributed by atoms with van der Waals surface area (Å²) in [6.07, 6.45) is 1.62. The highest BCUT2D eigenvalue weighted by Crippen LogP contribution is 2.38. The fourth-order valence-electron chi connectivity index (χ4n) is 3.32. The van der Waals surface area contributed by atoms with Crippen molar-refractivity contribution in [2.75, 3.05) is 13.6 Å². The second kappa shape index (κ2) is 7.33. The first-order chi connectivity index (χ1) is 14.1. The van der Waals surface area contributed by atoms with Crippen LogP contribution in [0.1, 0.15) is 16.7 Å². The molecule has 29 heavy (non-hydrogen) atoms. The van der Waals surface area contributed by atoms with Crippen LogP contribution in [0.25, 0.3) is 6.08 Å². The summed E-state index contributed by atoms with van der Waals surface area (Å²) >= 11 is 6.58. The lowest BCUT2D eigenvalue weighted by molar-refractivity contribution is -0.122. The third-order valence-corrected chi connectivity index (χ3v) is 6.02. The minimum Gasteiger partial charge on any atom is -0.467 e. The highest BCUT2D eigenvalue weighted by Gasteiger charge is 2.33. The second-order valence-electron chi connectivity index (χ2n) is 6.55. The zero-order valence-corrected chi connectivity index (χ0v) is 16.6. The molecular weight excluding hydrogens is 417 g/mol. The first-order valence-electron chi connectivity index (χ1n) is 8.75. The number of amides is 1. The van der Waals surface area contributed by atoms with Crippen LogP contribution in [0.2, 0.25) is 0 Å². The number of nitrogens with zero attached hydrogens (tertiary/aromatic N) is 1. The van der Waals surface area contributed by atoms with Gasteiger partial charge in [-0.2, -0.15) is 0 Å². The average molecular weight is 431 g/mol. The summed E-state index contributed by atoms with van der Waals surface area (Å²) in [7, 11) is 0. The largest absolute Gasteiger partial charge is 0.467 e. The van der Waals surface area contributed by atoms with Crippen LogP contribution in [-0.2, 0) is 22.7 Å². The van der Waals surface area contributed by atoms with Gasteiger partial charge >= 0.3 is 0 Å². The molecule has 2 aromatic carbocycles. The lowest BCUT2D eigenvalue weighted by Crippen LogP contribution is -2.27. The smallest absolute Gasteiger partial charge is 0.266 e. The van der Waals surface area contributed by atoms with Gasteiger partial charge in [0.2, 0.25) is 6.79 Å². The summed E-state index contributed by atoms with van der Waals surface area (Å²) < 4.78 is 35.8. The molecule has 0 radical (unpaired) electrons. The van der Waals surface area contributed by atoms with Crippen molar-refractivity contribution < 1.29 is 28.1 Å². The summed E-state index contributed by atoms with van der Waals surface area (Å²) in [4.78, 5) is 14.9. The molecule has 6 nitrogen and oxygen atoms in total. The highest BCUT2D eigenvalue weighted by molar-refractivity contribution is 8.26. The van der Waals surface area contributed by atoms with Crippen LogP contribution in [0.15, 0.2) is 35.2 Å². The van der Waals surface area contributed by atoms with Gasteiger partial charge in [0.25, 0.3) is 5.91 Å². The van der Waals surface area contributed by atoms with E-state index in [1.54, 1.807) is 6.08 Å². The summed E-state index contributed by atoms with van der Waals surface area (Å²) in [5.74, 6) is 1.20. The topological polar surface area (TPSA) is 57.2 Å². The lowest BCUT2D eigenvalue weighted by Gasteiger charge is -2.19. The SMILES string of the molecule is O=C1C(=Cc2cc(F)cc3c2OCOC3)SC(=S)N1Cc1ccc2c(c1)OCO2. The Kier molecular flexibility index (Phi) is 4.65. The lowest BCUT2D eigenvalue weighted by atomic mass is 10.1. The summed E-state index contributed by atoms with van der Waals surface area (Å²) in [5.41, 5.74) is 1.97. The molecule has 1 saturated heterocycles. The van der Waals surface area contributed by atoms with Gasteiger partial charge in [0.05, 0.1) is 18.1 Å². The number of ether oxygens (including phenoxy) is 4. The molecule has 3 heterocycles. The molecule has 0 N–H and O–H groups in total. The Labute approximate surface area is 175 Å². The van der Waals surface area contributed by atoms with Crippen molar-refractivity contribution in [2.45, 2.75) is 13.2 Å². The minimum atomic E-state index is -0.417. The predicted octanol–water partition coefficient (Wildman–Crippen LogP) is 3.82. The van der Waals surface area contributed by atoms with Crippen molar-refractivity contribution in [3.8, 4) is 17.2 Å². The van der Waals surface area contributed by atoms with Gasteiger partial charge in [0.1, 0.15) is 15.9 Å². The van der Waals surface area contributed by atoms with E-state index in [1.807, 2.05) is 18.2 Å². The summed E-state index contributed by atoms with van der Waals surface area (Å²) in [6.45, 7) is 0.849. The van der Waals surface area contributed by atoms with Crippen molar-refractivity contribution in [2.24, 2.45) is 0 Å². The number of fused-ring (bicyclic) bond motifs is 2. The molecule has 0 aliphatic carbocycles. The van der Waals surface area contributed by atoms with Gasteiger partial charge < -0.3 is 18.9 Å². The Balaban J connectivity index is 1.42. The van der Waals surface area contributed by atoms with E-state index in [9.17, 15) is 9.18 Å². The Morgan fingerprint density at radius 1 is 1.14 bits per heavy atom. The molecule has 3 aliphatic heterocycles. The number of carbonyl (C=O) groups is 1. The first kappa shape index (κ1) is 18.4. The van der Waals surface area contributed by atoms with Crippen LogP contribution in [0.5, 0.6) is 17.2 Å². The third kappa shape index (κ3) is 3.45. The van der Waals surface area contributed by atoms with Crippen molar-refractivity contribution in [3.63, 3.8) is 0 Å². The van der Waals surface area contributed by atoms with E-state index in [0.29, 0.717) is 44.1 Å². The van der Waals surface area contributed by atoms with Crippen LogP contribution in [0.3, 0.4) is 0 Å². The van der Waals surface area contributed by atoms with Crippen LogP contribution in [-0.4, -0.2) is 28.7 Å². The Morgan fingerprint density at radius 2 is 2.00 bits per heavy atom. The highest BCUT2D eigenvalue weighted by atomic mass is 32.2. The molecule has 0 saturated carbocycles. The monoisotopic (exact) mass is 431 g/mol. The van der Waals surface area contributed by atoms with Crippen molar-refractivity contribution in [1.82, 2.24) is 4.90 Å². The maximum Gasteiger partial charge on any atom is 0.266 e. The summed E-state index contributed by atoms with van der Waals surface area (Å²) in [5, 5.41) is 0. The number of thioether (sulfide) groups is 1. The molecule has 3 aliphatic rings. The number of hydrogen-bond donors (Lipinski definition) is 0. The maximum atomic E-state index is 14.0. The molecule has 9 heteroatoms. The van der Waals surface area contributed by atoms with Gasteiger partial charge in [0, 0.05) is 11.1 Å². The fraction of sp³-hybridized carbons (Fsp3) is 0.200. The van der Waals surface area contributed by atoms with Gasteiger partial charge in [0.15, 0.2) is 18.3 Å². The van der Waals surface area contributed by atoms with Crippen molar-refractivity contribution in [1.29, 1.82) is 0 Å². The quantitative estimate of drug-likeness (QED) is 0.541. The molecule has 0 bridgehead atoms. The summed E-state index contributed by atoms with van der Waals surface area (Å²) in [6, 6.07) is 8.22. The zero-order valence-electron chi connectivity index (χ0n) is 15.0. The van der Waals surface area contributed by atoms with Crippen molar-refractivity contribution in [3.05, 3.63) is 57.7 Å². The molecule has 0 atom stereocenters. The number of thiocarbonyl (C=S) groups is 1. The molecule has 148 valence electrons. The average Bonchev–Trinajstić information content (AvgIpc) is 3.27. The number of rotatable bonds is 3. The number of benzene rings is 2. The van der Waals surface area contributed by atoms with Crippen LogP contribution in [0, 0.1) is 5.82 Å². The number of hydrogen-bond acceptors (Lipinski definition) is 7. The van der Waals surface area contributed by atoms with E-state index in [2.05, 4.69) is 0 Å².